The van der Waals surface area contributed by atoms with Gasteiger partial charge in [0.1, 0.15) is 0 Å². The first-order valence-electron chi connectivity index (χ1n) is 9.02. The molecule has 0 unspecified atom stereocenters. The van der Waals surface area contributed by atoms with Gasteiger partial charge in [0.25, 0.3) is 0 Å². The molecule has 0 saturated carbocycles. The van der Waals surface area contributed by atoms with Gasteiger partial charge in [-0.05, 0) is 31.4 Å². The minimum Gasteiger partial charge on any atom is -0.358 e. The molecule has 0 bridgehead atoms. The van der Waals surface area contributed by atoms with Gasteiger partial charge in [0, 0.05) is 42.8 Å². The van der Waals surface area contributed by atoms with Gasteiger partial charge < -0.3 is 20.1 Å². The number of nitrogens with one attached hydrogen (secondary N) is 2. The fourth-order valence-corrected chi connectivity index (χ4v) is 4.10. The number of rotatable bonds is 3. The third-order valence-electron chi connectivity index (χ3n) is 5.43. The van der Waals surface area contributed by atoms with Gasteiger partial charge in [0.05, 0.1) is 12.5 Å². The number of carbonyl (C=O) groups is 2. The molecule has 2 fully saturated rings. The molecule has 2 aliphatic heterocycles. The Morgan fingerprint density at radius 2 is 2.12 bits per heavy atom. The lowest BCUT2D eigenvalue weighted by Gasteiger charge is -2.37. The number of carbonyl (C=O) groups excluding carboxylic acids is 2. The Morgan fingerprint density at radius 1 is 1.28 bits per heavy atom. The number of nitrogens with zero attached hydrogens (tertiary/aromatic N) is 2. The Balaban J connectivity index is 1.48. The Kier molecular flexibility index (Phi) is 4.11. The summed E-state index contributed by atoms with van der Waals surface area (Å²) in [6, 6.07) is 8.26. The number of likely N-dealkylation sites (tertiary alicyclic amines) is 1. The molecule has 0 aliphatic carbocycles. The first-order chi connectivity index (χ1) is 12.1. The SMILES string of the molecule is Cc1[nH]c2ccccc2c1CC(=O)N1CCC[C@H](N2CCNC2=O)C1. The van der Waals surface area contributed by atoms with Crippen LogP contribution >= 0.6 is 0 Å². The van der Waals surface area contributed by atoms with Gasteiger partial charge in [-0.1, -0.05) is 18.2 Å². The summed E-state index contributed by atoms with van der Waals surface area (Å²) in [6.07, 6.45) is 2.34. The van der Waals surface area contributed by atoms with Crippen molar-refractivity contribution in [2.45, 2.75) is 32.2 Å². The van der Waals surface area contributed by atoms with Gasteiger partial charge >= 0.3 is 6.03 Å². The Bertz CT molecular complexity index is 813. The molecular formula is C19H24N4O2. The molecule has 6 heteroatoms. The van der Waals surface area contributed by atoms with Gasteiger partial charge in [-0.2, -0.15) is 0 Å². The highest BCUT2D eigenvalue weighted by Crippen LogP contribution is 2.24. The van der Waals surface area contributed by atoms with E-state index < -0.39 is 0 Å². The number of aromatic amines is 1. The van der Waals surface area contributed by atoms with E-state index >= 15 is 0 Å². The number of fused-ring (bicyclic) bond motifs is 1. The van der Waals surface area contributed by atoms with Crippen LogP contribution < -0.4 is 5.32 Å². The van der Waals surface area contributed by atoms with Crippen LogP contribution in [0.15, 0.2) is 24.3 Å². The molecule has 2 aromatic rings. The number of piperidine rings is 1. The maximum atomic E-state index is 12.9. The van der Waals surface area contributed by atoms with Gasteiger partial charge in [-0.3, -0.25) is 4.79 Å². The van der Waals surface area contributed by atoms with Gasteiger partial charge in [-0.25, -0.2) is 4.79 Å². The number of para-hydroxylation sites is 1. The number of benzene rings is 1. The van der Waals surface area contributed by atoms with E-state index in [4.69, 9.17) is 0 Å². The molecule has 0 spiro atoms. The van der Waals surface area contributed by atoms with Gasteiger partial charge in [0.15, 0.2) is 0 Å². The molecule has 25 heavy (non-hydrogen) atoms. The number of hydrogen-bond donors (Lipinski definition) is 2. The van der Waals surface area contributed by atoms with E-state index in [9.17, 15) is 9.59 Å². The van der Waals surface area contributed by atoms with E-state index in [1.807, 2.05) is 34.9 Å². The summed E-state index contributed by atoms with van der Waals surface area (Å²) in [5.74, 6) is 0.150. The first kappa shape index (κ1) is 16.0. The number of aryl methyl sites for hydroxylation is 1. The lowest BCUT2D eigenvalue weighted by Crippen LogP contribution is -2.51. The van der Waals surface area contributed by atoms with E-state index in [1.165, 1.54) is 0 Å². The number of H-pyrrole nitrogens is 1. The van der Waals surface area contributed by atoms with E-state index in [0.29, 0.717) is 19.5 Å². The number of hydrogen-bond acceptors (Lipinski definition) is 2. The second-order valence-corrected chi connectivity index (χ2v) is 7.01. The van der Waals surface area contributed by atoms with Crippen molar-refractivity contribution in [3.8, 4) is 0 Å². The second-order valence-electron chi connectivity index (χ2n) is 7.01. The molecule has 1 aromatic heterocycles. The molecule has 0 radical (unpaired) electrons. The molecule has 2 aliphatic rings. The minimum atomic E-state index is 0.00627. The maximum absolute atomic E-state index is 12.9. The second kappa shape index (κ2) is 6.43. The van der Waals surface area contributed by atoms with Crippen LogP contribution in [-0.2, 0) is 11.2 Å². The predicted molar refractivity (Wildman–Crippen MR) is 96.4 cm³/mol. The van der Waals surface area contributed by atoms with E-state index in [1.54, 1.807) is 0 Å². The summed E-state index contributed by atoms with van der Waals surface area (Å²) < 4.78 is 0. The molecule has 1 atom stereocenters. The highest BCUT2D eigenvalue weighted by molar-refractivity contribution is 5.90. The van der Waals surface area contributed by atoms with E-state index in [-0.39, 0.29) is 18.0 Å². The van der Waals surface area contributed by atoms with Crippen molar-refractivity contribution in [2.75, 3.05) is 26.2 Å². The number of urea groups is 1. The molecule has 1 aromatic carbocycles. The van der Waals surface area contributed by atoms with Gasteiger partial charge in [0.2, 0.25) is 5.91 Å². The zero-order chi connectivity index (χ0) is 17.4. The predicted octanol–water partition coefficient (Wildman–Crippen LogP) is 2.04. The normalized spacial score (nSPS) is 21.0. The van der Waals surface area contributed by atoms with Crippen molar-refractivity contribution in [1.29, 1.82) is 0 Å². The van der Waals surface area contributed by atoms with Crippen LogP contribution in [0.1, 0.15) is 24.1 Å². The highest BCUT2D eigenvalue weighted by Gasteiger charge is 2.32. The van der Waals surface area contributed by atoms with Crippen LogP contribution in [0.4, 0.5) is 4.79 Å². The standard InChI is InChI=1S/C19H24N4O2/c1-13-16(15-6-2-3-7-17(15)21-13)11-18(24)22-9-4-5-14(12-22)23-10-8-20-19(23)25/h2-3,6-7,14,21H,4-5,8-12H2,1H3,(H,20,25)/t14-/m0/s1. The lowest BCUT2D eigenvalue weighted by atomic mass is 10.0. The third-order valence-corrected chi connectivity index (χ3v) is 5.43. The summed E-state index contributed by atoms with van der Waals surface area (Å²) in [6.45, 7) is 4.90. The van der Waals surface area contributed by atoms with E-state index in [0.717, 1.165) is 48.1 Å². The smallest absolute Gasteiger partial charge is 0.317 e. The summed E-state index contributed by atoms with van der Waals surface area (Å²) in [5.41, 5.74) is 3.22. The van der Waals surface area contributed by atoms with Crippen LogP contribution in [0.2, 0.25) is 0 Å². The largest absolute Gasteiger partial charge is 0.358 e. The summed E-state index contributed by atoms with van der Waals surface area (Å²) in [5, 5.41) is 3.98. The third kappa shape index (κ3) is 2.97. The van der Waals surface area contributed by atoms with Crippen molar-refractivity contribution in [3.63, 3.8) is 0 Å². The zero-order valence-corrected chi connectivity index (χ0v) is 14.5. The van der Waals surface area contributed by atoms with Crippen molar-refractivity contribution < 1.29 is 9.59 Å². The topological polar surface area (TPSA) is 68.4 Å². The zero-order valence-electron chi connectivity index (χ0n) is 14.5. The molecule has 2 saturated heterocycles. The lowest BCUT2D eigenvalue weighted by molar-refractivity contribution is -0.132. The molecular weight excluding hydrogens is 316 g/mol. The monoisotopic (exact) mass is 340 g/mol. The van der Waals surface area contributed by atoms with Crippen molar-refractivity contribution in [1.82, 2.24) is 20.1 Å². The quantitative estimate of drug-likeness (QED) is 0.898. The summed E-state index contributed by atoms with van der Waals surface area (Å²) in [4.78, 5) is 32.0. The molecule has 3 amide bonds. The number of amides is 3. The Hall–Kier alpha value is -2.50. The molecule has 3 heterocycles. The Labute approximate surface area is 147 Å². The molecule has 132 valence electrons. The van der Waals surface area contributed by atoms with Crippen LogP contribution in [0.3, 0.4) is 0 Å². The van der Waals surface area contributed by atoms with Crippen LogP contribution in [0.5, 0.6) is 0 Å². The first-order valence-corrected chi connectivity index (χ1v) is 9.02. The van der Waals surface area contributed by atoms with E-state index in [2.05, 4.69) is 16.4 Å². The minimum absolute atomic E-state index is 0.00627. The van der Waals surface area contributed by atoms with Crippen molar-refractivity contribution >= 4 is 22.8 Å². The summed E-state index contributed by atoms with van der Waals surface area (Å²) in [7, 11) is 0. The Morgan fingerprint density at radius 3 is 2.92 bits per heavy atom. The fourth-order valence-electron chi connectivity index (χ4n) is 4.10. The molecule has 4 rings (SSSR count). The highest BCUT2D eigenvalue weighted by atomic mass is 16.2. The van der Waals surface area contributed by atoms with Crippen LogP contribution in [0, 0.1) is 6.92 Å². The maximum Gasteiger partial charge on any atom is 0.317 e. The van der Waals surface area contributed by atoms with Crippen LogP contribution in [-0.4, -0.2) is 58.9 Å². The number of aromatic nitrogens is 1. The fraction of sp³-hybridized carbons (Fsp3) is 0.474. The van der Waals surface area contributed by atoms with Crippen molar-refractivity contribution in [3.05, 3.63) is 35.5 Å². The van der Waals surface area contributed by atoms with Crippen molar-refractivity contribution in [2.24, 2.45) is 0 Å². The average Bonchev–Trinajstić information content (AvgIpc) is 3.18. The van der Waals surface area contributed by atoms with Crippen LogP contribution in [0.25, 0.3) is 10.9 Å². The summed E-state index contributed by atoms with van der Waals surface area (Å²) >= 11 is 0. The van der Waals surface area contributed by atoms with Gasteiger partial charge in [-0.15, -0.1) is 0 Å². The average molecular weight is 340 g/mol. The molecule has 2 N–H and O–H groups in total. The molecule has 6 nitrogen and oxygen atoms in total.